The molecule has 0 amide bonds. The van der Waals surface area contributed by atoms with E-state index in [1.54, 1.807) is 0 Å². The Morgan fingerprint density at radius 3 is 0.764 bits per heavy atom. The van der Waals surface area contributed by atoms with Gasteiger partial charge in [0.1, 0.15) is 19.3 Å². The fourth-order valence-electron chi connectivity index (χ4n) is 11.5. The number of carbonyl (C=O) groups is 4. The molecule has 0 aromatic carbocycles. The van der Waals surface area contributed by atoms with E-state index in [1.165, 1.54) is 109 Å². The maximum atomic E-state index is 13.1. The van der Waals surface area contributed by atoms with Gasteiger partial charge in [-0.2, -0.15) is 0 Å². The number of hydrogen-bond acceptors (Lipinski definition) is 15. The van der Waals surface area contributed by atoms with Crippen LogP contribution >= 0.6 is 15.6 Å². The van der Waals surface area contributed by atoms with E-state index in [1.807, 2.05) is 0 Å². The minimum Gasteiger partial charge on any atom is -0.462 e. The van der Waals surface area contributed by atoms with E-state index < -0.39 is 97.5 Å². The van der Waals surface area contributed by atoms with Gasteiger partial charge in [0.05, 0.1) is 26.4 Å². The number of rotatable bonds is 80. The van der Waals surface area contributed by atoms with Gasteiger partial charge in [-0.3, -0.25) is 37.3 Å². The average molecular weight is 1530 g/mol. The van der Waals surface area contributed by atoms with Crippen LogP contribution in [-0.4, -0.2) is 96.7 Å². The molecule has 17 nitrogen and oxygen atoms in total. The van der Waals surface area contributed by atoms with Crippen molar-refractivity contribution in [1.82, 2.24) is 0 Å². The molecule has 106 heavy (non-hydrogen) atoms. The molecule has 0 aliphatic rings. The van der Waals surface area contributed by atoms with E-state index in [2.05, 4.69) is 125 Å². The molecule has 5 unspecified atom stereocenters. The highest BCUT2D eigenvalue weighted by Gasteiger charge is 2.30. The van der Waals surface area contributed by atoms with Crippen molar-refractivity contribution in [3.05, 3.63) is 97.2 Å². The summed E-state index contributed by atoms with van der Waals surface area (Å²) in [5, 5.41) is 10.7. The molecular formula is C87H154O17P2. The summed E-state index contributed by atoms with van der Waals surface area (Å²) in [6.45, 7) is 4.78. The van der Waals surface area contributed by atoms with Crippen LogP contribution in [0.5, 0.6) is 0 Å². The number of ether oxygens (including phenoxy) is 4. The summed E-state index contributed by atoms with van der Waals surface area (Å²) in [5.41, 5.74) is 0. The Morgan fingerprint density at radius 1 is 0.264 bits per heavy atom. The molecule has 0 saturated heterocycles. The average Bonchev–Trinajstić information content (AvgIpc) is 0.905. The van der Waals surface area contributed by atoms with Crippen molar-refractivity contribution >= 4 is 39.5 Å². The summed E-state index contributed by atoms with van der Waals surface area (Å²) in [6, 6.07) is 0. The van der Waals surface area contributed by atoms with Crippen molar-refractivity contribution in [3.63, 3.8) is 0 Å². The summed E-state index contributed by atoms with van der Waals surface area (Å²) >= 11 is 0. The van der Waals surface area contributed by atoms with E-state index in [4.69, 9.17) is 37.0 Å². The maximum absolute atomic E-state index is 13.1. The zero-order chi connectivity index (χ0) is 77.4. The smallest absolute Gasteiger partial charge is 0.462 e. The molecule has 0 heterocycles. The van der Waals surface area contributed by atoms with Gasteiger partial charge in [0.25, 0.3) is 0 Å². The van der Waals surface area contributed by atoms with E-state index in [9.17, 15) is 43.2 Å². The second-order valence-electron chi connectivity index (χ2n) is 28.4. The van der Waals surface area contributed by atoms with Crippen LogP contribution in [-0.2, 0) is 65.4 Å². The fourth-order valence-corrected chi connectivity index (χ4v) is 13.1. The molecule has 3 N–H and O–H groups in total. The quantitative estimate of drug-likeness (QED) is 0.0169. The molecule has 0 rings (SSSR count). The van der Waals surface area contributed by atoms with Gasteiger partial charge in [0.2, 0.25) is 0 Å². The predicted octanol–water partition coefficient (Wildman–Crippen LogP) is 25.1. The van der Waals surface area contributed by atoms with Crippen LogP contribution in [0.2, 0.25) is 0 Å². The largest absolute Gasteiger partial charge is 0.472 e. The van der Waals surface area contributed by atoms with Gasteiger partial charge < -0.3 is 33.8 Å². The Morgan fingerprint density at radius 2 is 0.481 bits per heavy atom. The monoisotopic (exact) mass is 1530 g/mol. The lowest BCUT2D eigenvalue weighted by Crippen LogP contribution is -2.30. The Labute approximate surface area is 646 Å². The van der Waals surface area contributed by atoms with Gasteiger partial charge in [-0.25, -0.2) is 9.13 Å². The van der Waals surface area contributed by atoms with Crippen molar-refractivity contribution in [2.45, 2.75) is 393 Å². The van der Waals surface area contributed by atoms with Gasteiger partial charge in [0, 0.05) is 25.7 Å². The van der Waals surface area contributed by atoms with Gasteiger partial charge in [0.15, 0.2) is 12.2 Å². The van der Waals surface area contributed by atoms with Gasteiger partial charge >= 0.3 is 39.5 Å². The lowest BCUT2D eigenvalue weighted by atomic mass is 10.0. The molecule has 0 aromatic rings. The van der Waals surface area contributed by atoms with Gasteiger partial charge in [-0.05, 0) is 128 Å². The van der Waals surface area contributed by atoms with Crippen molar-refractivity contribution < 1.29 is 80.2 Å². The Hall–Kier alpha value is -4.02. The third-order valence-electron chi connectivity index (χ3n) is 18.0. The first-order valence-electron chi connectivity index (χ1n) is 42.5. The summed E-state index contributed by atoms with van der Waals surface area (Å²) in [6.07, 6.45) is 85.1. The van der Waals surface area contributed by atoms with Crippen molar-refractivity contribution in [2.24, 2.45) is 0 Å². The lowest BCUT2D eigenvalue weighted by molar-refractivity contribution is -0.161. The Bertz CT molecular complexity index is 2380. The van der Waals surface area contributed by atoms with Crippen LogP contribution < -0.4 is 0 Å². The molecule has 0 bridgehead atoms. The third kappa shape index (κ3) is 78.1. The number of hydrogen-bond donors (Lipinski definition) is 3. The molecular weight excluding hydrogens is 1380 g/mol. The minimum absolute atomic E-state index is 0.0774. The van der Waals surface area contributed by atoms with E-state index in [0.29, 0.717) is 25.7 Å². The van der Waals surface area contributed by atoms with Crippen LogP contribution in [0.1, 0.15) is 374 Å². The first kappa shape index (κ1) is 102. The van der Waals surface area contributed by atoms with Crippen LogP contribution in [0.25, 0.3) is 0 Å². The number of esters is 4. The van der Waals surface area contributed by atoms with Crippen molar-refractivity contribution in [1.29, 1.82) is 0 Å². The zero-order valence-corrected chi connectivity index (χ0v) is 69.1. The summed E-state index contributed by atoms with van der Waals surface area (Å²) in [5.74, 6) is -2.19. The standard InChI is InChI=1S/C87H154O17P2/c1-5-9-13-17-21-25-29-33-36-38-40-42-45-49-52-56-60-64-68-72-85(90)98-78-83(104-87(92)74-70-66-62-58-54-50-46-43-41-39-37-34-30-26-22-18-14-10-6-2)80-102-106(95,96)100-76-81(88)75-99-105(93,94)101-79-82(103-86(91)73-69-65-61-57-53-47-32-28-24-20-16-12-8-4)77-97-84(89)71-67-63-59-55-51-48-44-35-31-27-23-19-15-11-7-3/h16,20-22,25-26,28,32-34,36-37,40-43,81-83,88H,5-15,17-19,23-24,27,29-31,35,38-39,44-80H2,1-4H3,(H,93,94)(H,95,96)/b20-16-,25-21-,26-22-,32-28-,36-33-,37-34-,42-40-,43-41-. The Kier molecular flexibility index (Phi) is 76.1. The molecule has 0 radical (unpaired) electrons. The highest BCUT2D eigenvalue weighted by Crippen LogP contribution is 2.45. The third-order valence-corrected chi connectivity index (χ3v) is 19.9. The molecule has 0 fully saturated rings. The Balaban J connectivity index is 5.37. The van der Waals surface area contributed by atoms with Crippen LogP contribution in [0.3, 0.4) is 0 Å². The van der Waals surface area contributed by atoms with Crippen molar-refractivity contribution in [2.75, 3.05) is 39.6 Å². The summed E-state index contributed by atoms with van der Waals surface area (Å²) in [4.78, 5) is 73.2. The zero-order valence-electron chi connectivity index (χ0n) is 67.3. The second-order valence-corrected chi connectivity index (χ2v) is 31.3. The fraction of sp³-hybridized carbons (Fsp3) is 0.770. The van der Waals surface area contributed by atoms with E-state index in [-0.39, 0.29) is 25.7 Å². The minimum atomic E-state index is -4.99. The first-order chi connectivity index (χ1) is 51.7. The SMILES string of the molecule is CCC/C=C\C/C=C\CCCCCCCC(=O)OC(COC(=O)CCCCCCCCCCCCCCCCC)COP(=O)(O)OCC(O)COP(=O)(O)OCC(COC(=O)CCCCCCCC/C=C\C/C=C\C/C=C\CCCCC)OC(=O)CCCCCCCC/C=C\C/C=C\C/C=C\CCCCC. The number of phosphoric ester groups is 2. The topological polar surface area (TPSA) is 237 Å². The maximum Gasteiger partial charge on any atom is 0.472 e. The van der Waals surface area contributed by atoms with Crippen LogP contribution in [0.4, 0.5) is 0 Å². The highest BCUT2D eigenvalue weighted by molar-refractivity contribution is 7.47. The molecule has 19 heteroatoms. The molecule has 0 aromatic heterocycles. The molecule has 5 atom stereocenters. The number of allylic oxidation sites excluding steroid dienone is 16. The number of phosphoric acid groups is 2. The summed E-state index contributed by atoms with van der Waals surface area (Å²) in [7, 11) is -9.97. The number of aliphatic hydroxyl groups is 1. The first-order valence-corrected chi connectivity index (χ1v) is 45.5. The molecule has 0 aliphatic heterocycles. The highest BCUT2D eigenvalue weighted by atomic mass is 31.2. The number of carbonyl (C=O) groups excluding carboxylic acids is 4. The normalized spacial score (nSPS) is 14.3. The van der Waals surface area contributed by atoms with Crippen molar-refractivity contribution in [3.8, 4) is 0 Å². The van der Waals surface area contributed by atoms with Crippen LogP contribution in [0.15, 0.2) is 97.2 Å². The molecule has 0 spiro atoms. The second kappa shape index (κ2) is 79.1. The van der Waals surface area contributed by atoms with E-state index >= 15 is 0 Å². The molecule has 0 aliphatic carbocycles. The number of aliphatic hydroxyl groups excluding tert-OH is 1. The van der Waals surface area contributed by atoms with Gasteiger partial charge in [-0.15, -0.1) is 0 Å². The predicted molar refractivity (Wildman–Crippen MR) is 436 cm³/mol. The van der Waals surface area contributed by atoms with E-state index in [0.717, 1.165) is 186 Å². The number of unbranched alkanes of at least 4 members (excludes halogenated alkanes) is 38. The lowest BCUT2D eigenvalue weighted by Gasteiger charge is -2.21. The molecule has 614 valence electrons. The summed E-state index contributed by atoms with van der Waals surface area (Å²) < 4.78 is 68.8. The molecule has 0 saturated carbocycles. The van der Waals surface area contributed by atoms with Crippen LogP contribution in [0, 0.1) is 0 Å². The van der Waals surface area contributed by atoms with Gasteiger partial charge in [-0.1, -0.05) is 318 Å².